The van der Waals surface area contributed by atoms with Crippen molar-refractivity contribution in [1.29, 1.82) is 0 Å². The highest BCUT2D eigenvalue weighted by atomic mass is 16.7. The van der Waals surface area contributed by atoms with Crippen molar-refractivity contribution in [2.75, 3.05) is 20.3 Å². The number of carbonyl (C=O) groups is 1. The number of ketones is 1. The largest absolute Gasteiger partial charge is 0.497 e. The number of fused-ring (bicyclic) bond motifs is 1. The number of methoxy groups -OCH3 is 1. The van der Waals surface area contributed by atoms with Crippen molar-refractivity contribution in [2.45, 2.75) is 50.2 Å². The van der Waals surface area contributed by atoms with Gasteiger partial charge in [-0.3, -0.25) is 4.79 Å². The third kappa shape index (κ3) is 2.16. The van der Waals surface area contributed by atoms with Crippen LogP contribution in [0.25, 0.3) is 0 Å². The molecule has 0 bridgehead atoms. The van der Waals surface area contributed by atoms with E-state index < -0.39 is 11.2 Å². The van der Waals surface area contributed by atoms with Crippen LogP contribution in [0, 0.1) is 11.8 Å². The highest BCUT2D eigenvalue weighted by Gasteiger charge is 2.60. The molecule has 0 radical (unpaired) electrons. The van der Waals surface area contributed by atoms with Crippen molar-refractivity contribution in [3.63, 3.8) is 0 Å². The van der Waals surface area contributed by atoms with Gasteiger partial charge in [0.25, 0.3) is 0 Å². The molecule has 3 atom stereocenters. The molecule has 4 nitrogen and oxygen atoms in total. The molecule has 0 N–H and O–H groups in total. The Kier molecular flexibility index (Phi) is 3.92. The molecule has 130 valence electrons. The lowest BCUT2D eigenvalue weighted by Gasteiger charge is -2.54. The monoisotopic (exact) mass is 330 g/mol. The molecule has 1 heterocycles. The SMILES string of the molecule is COc1cccc([C@]23CCC4(OCCO4)[C@@H](C)[C@@H]2CCCC3=O)c1. The first-order chi connectivity index (χ1) is 11.6. The zero-order valence-corrected chi connectivity index (χ0v) is 14.5. The van der Waals surface area contributed by atoms with Crippen LogP contribution in [0.3, 0.4) is 0 Å². The molecule has 1 spiro atoms. The van der Waals surface area contributed by atoms with Crippen molar-refractivity contribution in [3.8, 4) is 5.75 Å². The Morgan fingerprint density at radius 3 is 2.75 bits per heavy atom. The summed E-state index contributed by atoms with van der Waals surface area (Å²) >= 11 is 0. The summed E-state index contributed by atoms with van der Waals surface area (Å²) in [5.74, 6) is 1.19. The molecule has 4 heteroatoms. The molecule has 1 aromatic rings. The lowest BCUT2D eigenvalue weighted by atomic mass is 9.51. The van der Waals surface area contributed by atoms with Gasteiger partial charge in [-0.1, -0.05) is 19.1 Å². The average molecular weight is 330 g/mol. The van der Waals surface area contributed by atoms with Crippen molar-refractivity contribution in [1.82, 2.24) is 0 Å². The van der Waals surface area contributed by atoms with Gasteiger partial charge in [0, 0.05) is 18.8 Å². The van der Waals surface area contributed by atoms with Gasteiger partial charge in [0.05, 0.1) is 25.7 Å². The van der Waals surface area contributed by atoms with Gasteiger partial charge in [0.15, 0.2) is 5.79 Å². The van der Waals surface area contributed by atoms with Crippen LogP contribution in [0.5, 0.6) is 5.75 Å². The van der Waals surface area contributed by atoms with Crippen molar-refractivity contribution in [2.24, 2.45) is 11.8 Å². The number of hydrogen-bond acceptors (Lipinski definition) is 4. The van der Waals surface area contributed by atoms with Gasteiger partial charge in [-0.15, -0.1) is 0 Å². The van der Waals surface area contributed by atoms with Crippen molar-refractivity contribution >= 4 is 5.78 Å². The first-order valence-corrected chi connectivity index (χ1v) is 9.08. The molecule has 3 aliphatic rings. The summed E-state index contributed by atoms with van der Waals surface area (Å²) in [6, 6.07) is 8.09. The number of carbonyl (C=O) groups excluding carboxylic acids is 1. The first kappa shape index (κ1) is 16.1. The second-order valence-corrected chi connectivity index (χ2v) is 7.42. The van der Waals surface area contributed by atoms with Gasteiger partial charge in [0.2, 0.25) is 0 Å². The fourth-order valence-electron chi connectivity index (χ4n) is 5.36. The van der Waals surface area contributed by atoms with Crippen LogP contribution in [-0.4, -0.2) is 31.9 Å². The quantitative estimate of drug-likeness (QED) is 0.833. The third-order valence-corrected chi connectivity index (χ3v) is 6.58. The Labute approximate surface area is 143 Å². The van der Waals surface area contributed by atoms with E-state index in [1.165, 1.54) is 0 Å². The minimum Gasteiger partial charge on any atom is -0.497 e. The Morgan fingerprint density at radius 2 is 2.00 bits per heavy atom. The van der Waals surface area contributed by atoms with E-state index in [1.807, 2.05) is 12.1 Å². The number of rotatable bonds is 2. The van der Waals surface area contributed by atoms with Gasteiger partial charge in [-0.2, -0.15) is 0 Å². The standard InChI is InChI=1S/C20H26O4/c1-14-17-7-4-8-18(21)19(17,9-10-20(14)23-11-12-24-20)15-5-3-6-16(13-15)22-2/h3,5-6,13-14,17H,4,7-12H2,1-2H3/t14-,17-,19+/m0/s1. The normalized spacial score (nSPS) is 35.0. The molecule has 2 saturated carbocycles. The molecule has 24 heavy (non-hydrogen) atoms. The van der Waals surface area contributed by atoms with Crippen LogP contribution in [0.1, 0.15) is 44.6 Å². The van der Waals surface area contributed by atoms with E-state index in [1.54, 1.807) is 7.11 Å². The van der Waals surface area contributed by atoms with Crippen molar-refractivity contribution in [3.05, 3.63) is 29.8 Å². The van der Waals surface area contributed by atoms with E-state index in [0.717, 1.165) is 37.0 Å². The molecule has 0 unspecified atom stereocenters. The predicted octanol–water partition coefficient (Wildman–Crippen LogP) is 3.48. The molecule has 0 amide bonds. The molecule has 0 aromatic heterocycles. The van der Waals surface area contributed by atoms with E-state index in [2.05, 4.69) is 19.1 Å². The highest BCUT2D eigenvalue weighted by Crippen LogP contribution is 2.57. The average Bonchev–Trinajstić information content (AvgIpc) is 3.09. The predicted molar refractivity (Wildman–Crippen MR) is 90.1 cm³/mol. The fourth-order valence-corrected chi connectivity index (χ4v) is 5.36. The number of benzene rings is 1. The number of Topliss-reactive ketones (excluding diaryl/α,β-unsaturated/α-hetero) is 1. The smallest absolute Gasteiger partial charge is 0.171 e. The molecular formula is C20H26O4. The molecule has 1 saturated heterocycles. The van der Waals surface area contributed by atoms with E-state index >= 15 is 0 Å². The van der Waals surface area contributed by atoms with Gasteiger partial charge < -0.3 is 14.2 Å². The maximum atomic E-state index is 13.2. The zero-order valence-electron chi connectivity index (χ0n) is 14.5. The minimum atomic E-state index is -0.481. The Hall–Kier alpha value is -1.39. The summed E-state index contributed by atoms with van der Waals surface area (Å²) in [5.41, 5.74) is 0.698. The fraction of sp³-hybridized carbons (Fsp3) is 0.650. The molecule has 1 aromatic carbocycles. The first-order valence-electron chi connectivity index (χ1n) is 9.08. The summed E-state index contributed by atoms with van der Waals surface area (Å²) in [6.45, 7) is 3.54. The Balaban J connectivity index is 1.79. The minimum absolute atomic E-state index is 0.212. The van der Waals surface area contributed by atoms with E-state index in [-0.39, 0.29) is 11.8 Å². The van der Waals surface area contributed by atoms with Gasteiger partial charge in [-0.25, -0.2) is 0 Å². The van der Waals surface area contributed by atoms with Gasteiger partial charge >= 0.3 is 0 Å². The van der Waals surface area contributed by atoms with Crippen LogP contribution in [0.2, 0.25) is 0 Å². The third-order valence-electron chi connectivity index (χ3n) is 6.58. The van der Waals surface area contributed by atoms with Crippen LogP contribution in [-0.2, 0) is 19.7 Å². The van der Waals surface area contributed by atoms with Crippen LogP contribution in [0.15, 0.2) is 24.3 Å². The van der Waals surface area contributed by atoms with Crippen LogP contribution >= 0.6 is 0 Å². The second kappa shape index (κ2) is 5.85. The maximum absolute atomic E-state index is 13.2. The van der Waals surface area contributed by atoms with E-state index in [4.69, 9.17) is 14.2 Å². The zero-order chi connectivity index (χ0) is 16.8. The summed E-state index contributed by atoms with van der Waals surface area (Å²) in [5, 5.41) is 0. The number of ether oxygens (including phenoxy) is 3. The van der Waals surface area contributed by atoms with Gasteiger partial charge in [-0.05, 0) is 42.9 Å². The highest BCUT2D eigenvalue weighted by molar-refractivity contribution is 5.91. The van der Waals surface area contributed by atoms with E-state index in [9.17, 15) is 4.79 Å². The van der Waals surface area contributed by atoms with Crippen LogP contribution < -0.4 is 4.74 Å². The lowest BCUT2D eigenvalue weighted by molar-refractivity contribution is -0.235. The number of hydrogen-bond donors (Lipinski definition) is 0. The molecule has 3 fully saturated rings. The van der Waals surface area contributed by atoms with Gasteiger partial charge in [0.1, 0.15) is 11.5 Å². The second-order valence-electron chi connectivity index (χ2n) is 7.42. The molecular weight excluding hydrogens is 304 g/mol. The Bertz CT molecular complexity index is 634. The summed E-state index contributed by atoms with van der Waals surface area (Å²) in [4.78, 5) is 13.2. The maximum Gasteiger partial charge on any atom is 0.171 e. The summed E-state index contributed by atoms with van der Waals surface area (Å²) in [6.07, 6.45) is 4.28. The molecule has 1 aliphatic heterocycles. The topological polar surface area (TPSA) is 44.8 Å². The van der Waals surface area contributed by atoms with E-state index in [0.29, 0.717) is 25.4 Å². The molecule has 4 rings (SSSR count). The van der Waals surface area contributed by atoms with Crippen LogP contribution in [0.4, 0.5) is 0 Å². The molecule has 2 aliphatic carbocycles. The summed E-state index contributed by atoms with van der Waals surface area (Å²) in [7, 11) is 1.68. The Morgan fingerprint density at radius 1 is 1.21 bits per heavy atom. The lowest BCUT2D eigenvalue weighted by Crippen LogP contribution is -2.59. The summed E-state index contributed by atoms with van der Waals surface area (Å²) < 4.78 is 17.5. The van der Waals surface area contributed by atoms with Crippen molar-refractivity contribution < 1.29 is 19.0 Å².